The third kappa shape index (κ3) is 3.02. The van der Waals surface area contributed by atoms with Crippen LogP contribution < -0.4 is 0 Å². The van der Waals surface area contributed by atoms with Gasteiger partial charge in [0, 0.05) is 5.39 Å². The first-order valence-electron chi connectivity index (χ1n) is 11.6. The lowest BCUT2D eigenvalue weighted by Gasteiger charge is -2.18. The van der Waals surface area contributed by atoms with E-state index < -0.39 is 11.1 Å². The molecule has 7 aromatic rings. The maximum Gasteiger partial charge on any atom is 0.187 e. The Morgan fingerprint density at radius 3 is 1.89 bits per heavy atom. The highest BCUT2D eigenvalue weighted by Gasteiger charge is 2.19. The van der Waals surface area contributed by atoms with Crippen LogP contribution in [0.2, 0.25) is 0 Å². The minimum Gasteiger partial charge on any atom is -0.302 e. The molecule has 0 radical (unpaired) electrons. The summed E-state index contributed by atoms with van der Waals surface area (Å²) in [5.41, 5.74) is 2.15. The molecule has 2 nitrogen and oxygen atoms in total. The van der Waals surface area contributed by atoms with Crippen molar-refractivity contribution in [3.63, 3.8) is 0 Å². The van der Waals surface area contributed by atoms with E-state index in [0.717, 1.165) is 38.1 Å². The standard InChI is InChI=1S/C32H20O2S/c33-35(34)29-18-17-25(23-14-13-20-7-1-2-9-22(20)19-23)31-28-16-15-21-8-3-4-10-24(21)30(28)26-11-5-6-12-27(26)32(29)31/h1-19H,(H,33,34). The number of hydrogen-bond donors (Lipinski definition) is 1. The summed E-state index contributed by atoms with van der Waals surface area (Å²) < 4.78 is 22.8. The van der Waals surface area contributed by atoms with Gasteiger partial charge in [-0.2, -0.15) is 0 Å². The summed E-state index contributed by atoms with van der Waals surface area (Å²) in [6, 6.07) is 39.6. The molecule has 166 valence electrons. The van der Waals surface area contributed by atoms with E-state index in [4.69, 9.17) is 0 Å². The molecule has 0 amide bonds. The molecule has 7 rings (SSSR count). The first kappa shape index (κ1) is 20.3. The maximum atomic E-state index is 12.5. The van der Waals surface area contributed by atoms with Crippen LogP contribution in [0.25, 0.3) is 65.0 Å². The number of hydrogen-bond acceptors (Lipinski definition) is 1. The second-order valence-electron chi connectivity index (χ2n) is 8.93. The molecule has 0 aromatic heterocycles. The van der Waals surface area contributed by atoms with Crippen molar-refractivity contribution in [2.75, 3.05) is 0 Å². The van der Waals surface area contributed by atoms with Gasteiger partial charge in [0.25, 0.3) is 0 Å². The molecule has 0 saturated carbocycles. The molecule has 7 aromatic carbocycles. The van der Waals surface area contributed by atoms with Gasteiger partial charge in [-0.3, -0.25) is 0 Å². The quantitative estimate of drug-likeness (QED) is 0.203. The molecule has 0 fully saturated rings. The normalized spacial score (nSPS) is 12.7. The molecule has 1 N–H and O–H groups in total. The molecule has 0 aliphatic heterocycles. The van der Waals surface area contributed by atoms with Crippen molar-refractivity contribution in [2.24, 2.45) is 0 Å². The largest absolute Gasteiger partial charge is 0.302 e. The lowest BCUT2D eigenvalue weighted by molar-refractivity contribution is 0.565. The topological polar surface area (TPSA) is 37.3 Å². The average molecular weight is 469 g/mol. The van der Waals surface area contributed by atoms with Gasteiger partial charge in [0.2, 0.25) is 0 Å². The smallest absolute Gasteiger partial charge is 0.187 e. The molecular formula is C32H20O2S. The summed E-state index contributed by atoms with van der Waals surface area (Å²) in [6.45, 7) is 0. The Kier molecular flexibility index (Phi) is 4.50. The second-order valence-corrected chi connectivity index (χ2v) is 9.87. The fraction of sp³-hybridized carbons (Fsp3) is 0. The zero-order valence-electron chi connectivity index (χ0n) is 18.7. The van der Waals surface area contributed by atoms with Crippen molar-refractivity contribution in [1.29, 1.82) is 0 Å². The van der Waals surface area contributed by atoms with Gasteiger partial charge in [-0.15, -0.1) is 0 Å². The van der Waals surface area contributed by atoms with Gasteiger partial charge in [-0.1, -0.05) is 103 Å². The number of fused-ring (bicyclic) bond motifs is 9. The molecule has 3 heteroatoms. The molecule has 0 aliphatic carbocycles. The lowest BCUT2D eigenvalue weighted by Crippen LogP contribution is -1.95. The summed E-state index contributed by atoms with van der Waals surface area (Å²) in [5.74, 6) is 0. The summed E-state index contributed by atoms with van der Waals surface area (Å²) in [6.07, 6.45) is 0. The van der Waals surface area contributed by atoms with E-state index in [2.05, 4.69) is 84.9 Å². The van der Waals surface area contributed by atoms with Gasteiger partial charge in [0.1, 0.15) is 0 Å². The number of rotatable bonds is 2. The molecule has 35 heavy (non-hydrogen) atoms. The van der Waals surface area contributed by atoms with E-state index in [-0.39, 0.29) is 0 Å². The van der Waals surface area contributed by atoms with Crippen LogP contribution in [-0.4, -0.2) is 8.76 Å². The molecule has 1 atom stereocenters. The Labute approximate surface area is 204 Å². The van der Waals surface area contributed by atoms with Crippen LogP contribution in [0.3, 0.4) is 0 Å². The SMILES string of the molecule is O=S(O)c1ccc(-c2ccc3ccccc3c2)c2c3ccc4ccccc4c3c3ccccc3c12. The first-order valence-corrected chi connectivity index (χ1v) is 12.7. The minimum atomic E-state index is -2.12. The van der Waals surface area contributed by atoms with Crippen molar-refractivity contribution in [3.05, 3.63) is 115 Å². The third-order valence-corrected chi connectivity index (χ3v) is 7.80. The van der Waals surface area contributed by atoms with E-state index in [9.17, 15) is 8.76 Å². The molecular weight excluding hydrogens is 448 g/mol. The van der Waals surface area contributed by atoms with Crippen molar-refractivity contribution in [1.82, 2.24) is 0 Å². The second kappa shape index (κ2) is 7.74. The molecule has 0 aliphatic rings. The fourth-order valence-corrected chi connectivity index (χ4v) is 6.13. The fourth-order valence-electron chi connectivity index (χ4n) is 5.56. The van der Waals surface area contributed by atoms with E-state index in [1.165, 1.54) is 26.9 Å². The highest BCUT2D eigenvalue weighted by molar-refractivity contribution is 7.79. The Morgan fingerprint density at radius 1 is 0.486 bits per heavy atom. The van der Waals surface area contributed by atoms with Crippen molar-refractivity contribution in [3.8, 4) is 11.1 Å². The predicted octanol–water partition coefficient (Wildman–Crippen LogP) is 8.70. The van der Waals surface area contributed by atoms with E-state index in [0.29, 0.717) is 4.90 Å². The summed E-state index contributed by atoms with van der Waals surface area (Å²) in [5, 5.41) is 10.9. The van der Waals surface area contributed by atoms with Crippen LogP contribution in [0.4, 0.5) is 0 Å². The Morgan fingerprint density at radius 2 is 1.11 bits per heavy atom. The summed E-state index contributed by atoms with van der Waals surface area (Å²) in [7, 11) is 0. The van der Waals surface area contributed by atoms with Crippen molar-refractivity contribution in [2.45, 2.75) is 4.90 Å². The van der Waals surface area contributed by atoms with Crippen molar-refractivity contribution >= 4 is 64.9 Å². The highest BCUT2D eigenvalue weighted by Crippen LogP contribution is 2.44. The van der Waals surface area contributed by atoms with E-state index in [1.54, 1.807) is 0 Å². The molecule has 0 bridgehead atoms. The number of benzene rings is 7. The van der Waals surface area contributed by atoms with Crippen LogP contribution in [0.15, 0.2) is 120 Å². The lowest BCUT2D eigenvalue weighted by atomic mass is 9.87. The van der Waals surface area contributed by atoms with Crippen molar-refractivity contribution < 1.29 is 8.76 Å². The predicted molar refractivity (Wildman–Crippen MR) is 148 cm³/mol. The van der Waals surface area contributed by atoms with Crippen LogP contribution in [0.5, 0.6) is 0 Å². The van der Waals surface area contributed by atoms with Gasteiger partial charge in [-0.05, 0) is 71.7 Å². The molecule has 1 unspecified atom stereocenters. The highest BCUT2D eigenvalue weighted by atomic mass is 32.2. The van der Waals surface area contributed by atoms with Crippen LogP contribution in [0.1, 0.15) is 0 Å². The van der Waals surface area contributed by atoms with Gasteiger partial charge in [0.15, 0.2) is 11.1 Å². The van der Waals surface area contributed by atoms with E-state index >= 15 is 0 Å². The Bertz CT molecular complexity index is 1990. The summed E-state index contributed by atoms with van der Waals surface area (Å²) in [4.78, 5) is 0.441. The van der Waals surface area contributed by atoms with Gasteiger partial charge >= 0.3 is 0 Å². The maximum absolute atomic E-state index is 12.5. The van der Waals surface area contributed by atoms with Crippen LogP contribution in [-0.2, 0) is 11.1 Å². The average Bonchev–Trinajstić information content (AvgIpc) is 2.91. The molecule has 0 spiro atoms. The molecule has 0 heterocycles. The zero-order chi connectivity index (χ0) is 23.5. The minimum absolute atomic E-state index is 0.441. The monoisotopic (exact) mass is 468 g/mol. The molecule has 0 saturated heterocycles. The van der Waals surface area contributed by atoms with Crippen LogP contribution >= 0.6 is 0 Å². The van der Waals surface area contributed by atoms with Gasteiger partial charge in [-0.25, -0.2) is 4.21 Å². The van der Waals surface area contributed by atoms with E-state index in [1.807, 2.05) is 30.3 Å². The Balaban J connectivity index is 1.76. The first-order chi connectivity index (χ1) is 17.2. The Hall–Kier alpha value is -4.05. The van der Waals surface area contributed by atoms with Crippen LogP contribution in [0, 0.1) is 0 Å². The summed E-state index contributed by atoms with van der Waals surface area (Å²) >= 11 is -2.12. The van der Waals surface area contributed by atoms with Gasteiger partial charge in [0.05, 0.1) is 4.90 Å². The third-order valence-electron chi connectivity index (χ3n) is 7.08. The zero-order valence-corrected chi connectivity index (χ0v) is 19.5. The van der Waals surface area contributed by atoms with Gasteiger partial charge < -0.3 is 4.55 Å².